The van der Waals surface area contributed by atoms with Crippen LogP contribution in [0.4, 0.5) is 0 Å². The minimum atomic E-state index is 0.252. The Bertz CT molecular complexity index is 266. The van der Waals surface area contributed by atoms with Gasteiger partial charge in [-0.1, -0.05) is 13.8 Å². The highest BCUT2D eigenvalue weighted by atomic mass is 16.2. The number of carbonyl (C=O) groups is 1. The molecule has 0 aliphatic carbocycles. The molecule has 0 aromatic rings. The molecular weight excluding hydrogens is 226 g/mol. The fourth-order valence-corrected chi connectivity index (χ4v) is 2.28. The van der Waals surface area contributed by atoms with E-state index in [0.717, 1.165) is 25.9 Å². The summed E-state index contributed by atoms with van der Waals surface area (Å²) in [7, 11) is 2.14. The summed E-state index contributed by atoms with van der Waals surface area (Å²) in [6.45, 7) is 11.2. The first-order valence-electron chi connectivity index (χ1n) is 7.15. The fraction of sp³-hybridized carbons (Fsp3) is 0.929. The van der Waals surface area contributed by atoms with Crippen LogP contribution in [0.5, 0.6) is 0 Å². The normalized spacial score (nSPS) is 20.8. The topological polar surface area (TPSA) is 35.6 Å². The van der Waals surface area contributed by atoms with Crippen LogP contribution in [0.3, 0.4) is 0 Å². The van der Waals surface area contributed by atoms with Crippen molar-refractivity contribution in [3.63, 3.8) is 0 Å². The van der Waals surface area contributed by atoms with E-state index in [4.69, 9.17) is 0 Å². The van der Waals surface area contributed by atoms with Crippen molar-refractivity contribution in [1.82, 2.24) is 15.1 Å². The fourth-order valence-electron chi connectivity index (χ4n) is 2.28. The summed E-state index contributed by atoms with van der Waals surface area (Å²) in [6.07, 6.45) is 2.35. The summed E-state index contributed by atoms with van der Waals surface area (Å²) in [5.41, 5.74) is 0. The number of amides is 1. The highest BCUT2D eigenvalue weighted by Gasteiger charge is 2.30. The number of nitrogens with one attached hydrogen (secondary N) is 1. The van der Waals surface area contributed by atoms with Gasteiger partial charge in [-0.05, 0) is 46.2 Å². The first-order valence-corrected chi connectivity index (χ1v) is 7.15. The molecule has 0 bridgehead atoms. The third-order valence-electron chi connectivity index (χ3n) is 3.67. The van der Waals surface area contributed by atoms with Crippen LogP contribution in [0.25, 0.3) is 0 Å². The molecule has 1 rings (SSSR count). The summed E-state index contributed by atoms with van der Waals surface area (Å²) < 4.78 is 0. The first-order chi connectivity index (χ1) is 8.41. The van der Waals surface area contributed by atoms with Crippen molar-refractivity contribution >= 4 is 5.91 Å². The quantitative estimate of drug-likeness (QED) is 0.749. The molecule has 4 nitrogen and oxygen atoms in total. The number of rotatable bonds is 7. The van der Waals surface area contributed by atoms with E-state index >= 15 is 0 Å². The molecule has 106 valence electrons. The zero-order chi connectivity index (χ0) is 13.7. The average molecular weight is 255 g/mol. The second kappa shape index (κ2) is 7.10. The summed E-state index contributed by atoms with van der Waals surface area (Å²) in [5, 5.41) is 3.31. The average Bonchev–Trinajstić information content (AvgIpc) is 2.60. The second-order valence-corrected chi connectivity index (χ2v) is 6.04. The van der Waals surface area contributed by atoms with Crippen LogP contribution in [-0.4, -0.2) is 54.6 Å². The molecular formula is C14H29N3O. The van der Waals surface area contributed by atoms with Gasteiger partial charge in [0.15, 0.2) is 0 Å². The van der Waals surface area contributed by atoms with Crippen LogP contribution >= 0.6 is 0 Å². The third-order valence-corrected chi connectivity index (χ3v) is 3.67. The van der Waals surface area contributed by atoms with Gasteiger partial charge in [-0.15, -0.1) is 0 Å². The Kier molecular flexibility index (Phi) is 6.09. The maximum atomic E-state index is 11.8. The predicted molar refractivity (Wildman–Crippen MR) is 75.3 cm³/mol. The Morgan fingerprint density at radius 1 is 1.39 bits per heavy atom. The van der Waals surface area contributed by atoms with E-state index in [2.05, 4.69) is 45.0 Å². The molecule has 0 radical (unpaired) electrons. The Balaban J connectivity index is 2.36. The Morgan fingerprint density at radius 2 is 2.06 bits per heavy atom. The molecule has 0 saturated carbocycles. The molecule has 1 saturated heterocycles. The van der Waals surface area contributed by atoms with Crippen molar-refractivity contribution in [2.45, 2.75) is 52.7 Å². The molecule has 18 heavy (non-hydrogen) atoms. The van der Waals surface area contributed by atoms with Crippen LogP contribution in [0.1, 0.15) is 40.5 Å². The first kappa shape index (κ1) is 15.4. The molecule has 1 amide bonds. The van der Waals surface area contributed by atoms with E-state index in [1.54, 1.807) is 0 Å². The lowest BCUT2D eigenvalue weighted by Crippen LogP contribution is -2.40. The van der Waals surface area contributed by atoms with E-state index in [0.29, 0.717) is 18.5 Å². The zero-order valence-corrected chi connectivity index (χ0v) is 12.6. The monoisotopic (exact) mass is 255 g/mol. The van der Waals surface area contributed by atoms with Crippen molar-refractivity contribution < 1.29 is 4.79 Å². The molecule has 1 aliphatic rings. The molecule has 1 unspecified atom stereocenters. The number of hydrogen-bond donors (Lipinski definition) is 1. The van der Waals surface area contributed by atoms with Crippen molar-refractivity contribution in [1.29, 1.82) is 0 Å². The predicted octanol–water partition coefficient (Wildman–Crippen LogP) is 1.52. The van der Waals surface area contributed by atoms with Crippen LogP contribution in [-0.2, 0) is 4.79 Å². The molecule has 1 aliphatic heterocycles. The molecule has 1 N–H and O–H groups in total. The smallest absolute Gasteiger partial charge is 0.237 e. The number of nitrogens with zero attached hydrogens (tertiary/aromatic N) is 2. The lowest BCUT2D eigenvalue weighted by Gasteiger charge is -2.27. The highest BCUT2D eigenvalue weighted by molar-refractivity contribution is 5.80. The van der Waals surface area contributed by atoms with Gasteiger partial charge in [0.1, 0.15) is 0 Å². The second-order valence-electron chi connectivity index (χ2n) is 6.04. The molecule has 1 atom stereocenters. The van der Waals surface area contributed by atoms with Gasteiger partial charge in [-0.25, -0.2) is 0 Å². The molecule has 1 heterocycles. The van der Waals surface area contributed by atoms with Gasteiger partial charge in [-0.3, -0.25) is 10.1 Å². The molecule has 4 heteroatoms. The Morgan fingerprint density at radius 3 is 2.61 bits per heavy atom. The molecule has 0 spiro atoms. The number of carbonyl (C=O) groups excluding carboxylic acids is 1. The van der Waals surface area contributed by atoms with Crippen molar-refractivity contribution in [3.8, 4) is 0 Å². The maximum Gasteiger partial charge on any atom is 0.237 e. The van der Waals surface area contributed by atoms with Crippen molar-refractivity contribution in [2.24, 2.45) is 5.92 Å². The van der Waals surface area contributed by atoms with Gasteiger partial charge in [0, 0.05) is 12.6 Å². The third kappa shape index (κ3) is 4.58. The SMILES string of the molecule is CC(C)CC1NCC(=O)N1CCCN(C)C(C)C. The lowest BCUT2D eigenvalue weighted by atomic mass is 10.1. The largest absolute Gasteiger partial charge is 0.326 e. The van der Waals surface area contributed by atoms with E-state index in [1.165, 1.54) is 0 Å². The van der Waals surface area contributed by atoms with Gasteiger partial charge in [0.2, 0.25) is 5.91 Å². The van der Waals surface area contributed by atoms with E-state index in [1.807, 2.05) is 4.90 Å². The van der Waals surface area contributed by atoms with Crippen molar-refractivity contribution in [2.75, 3.05) is 26.7 Å². The highest BCUT2D eigenvalue weighted by Crippen LogP contribution is 2.14. The van der Waals surface area contributed by atoms with Gasteiger partial charge in [-0.2, -0.15) is 0 Å². The van der Waals surface area contributed by atoms with E-state index in [9.17, 15) is 4.79 Å². The van der Waals surface area contributed by atoms with Gasteiger partial charge in [0.25, 0.3) is 0 Å². The van der Waals surface area contributed by atoms with Crippen LogP contribution in [0.2, 0.25) is 0 Å². The number of hydrogen-bond acceptors (Lipinski definition) is 3. The zero-order valence-electron chi connectivity index (χ0n) is 12.6. The van der Waals surface area contributed by atoms with Gasteiger partial charge < -0.3 is 9.80 Å². The minimum absolute atomic E-state index is 0.252. The summed E-state index contributed by atoms with van der Waals surface area (Å²) >= 11 is 0. The summed E-state index contributed by atoms with van der Waals surface area (Å²) in [4.78, 5) is 16.2. The van der Waals surface area contributed by atoms with Crippen molar-refractivity contribution in [3.05, 3.63) is 0 Å². The lowest BCUT2D eigenvalue weighted by molar-refractivity contribution is -0.128. The Labute approximate surface area is 112 Å². The van der Waals surface area contributed by atoms with Crippen LogP contribution in [0.15, 0.2) is 0 Å². The minimum Gasteiger partial charge on any atom is -0.326 e. The Hall–Kier alpha value is -0.610. The standard InChI is InChI=1S/C14H29N3O/c1-11(2)9-13-15-10-14(18)17(13)8-6-7-16(5)12(3)4/h11-13,15H,6-10H2,1-5H3. The molecule has 0 aromatic heterocycles. The van der Waals surface area contributed by atoms with E-state index in [-0.39, 0.29) is 12.1 Å². The summed E-state index contributed by atoms with van der Waals surface area (Å²) in [5.74, 6) is 0.877. The summed E-state index contributed by atoms with van der Waals surface area (Å²) in [6, 6.07) is 0.573. The molecule has 1 fully saturated rings. The van der Waals surface area contributed by atoms with Gasteiger partial charge in [0.05, 0.1) is 12.7 Å². The van der Waals surface area contributed by atoms with E-state index < -0.39 is 0 Å². The molecule has 0 aromatic carbocycles. The van der Waals surface area contributed by atoms with Crippen LogP contribution in [0, 0.1) is 5.92 Å². The van der Waals surface area contributed by atoms with Crippen LogP contribution < -0.4 is 5.32 Å². The maximum absolute atomic E-state index is 11.8. The van der Waals surface area contributed by atoms with Gasteiger partial charge >= 0.3 is 0 Å².